The Labute approximate surface area is 165 Å². The highest BCUT2D eigenvalue weighted by Crippen LogP contribution is 2.30. The van der Waals surface area contributed by atoms with Gasteiger partial charge in [0.1, 0.15) is 0 Å². The summed E-state index contributed by atoms with van der Waals surface area (Å²) in [6.07, 6.45) is 12.6. The number of rotatable bonds is 6. The van der Waals surface area contributed by atoms with E-state index in [4.69, 9.17) is 0 Å². The third-order valence-corrected chi connectivity index (χ3v) is 4.84. The number of hydrogen-bond donors (Lipinski definition) is 0. The summed E-state index contributed by atoms with van der Waals surface area (Å²) in [6.45, 7) is 14.6. The average molecular weight is 355 g/mol. The van der Waals surface area contributed by atoms with Gasteiger partial charge in [-0.3, -0.25) is 0 Å². The van der Waals surface area contributed by atoms with Crippen LogP contribution in [0.25, 0.3) is 16.7 Å². The molecular formula is C27H30. The second kappa shape index (κ2) is 9.73. The van der Waals surface area contributed by atoms with Gasteiger partial charge in [0.25, 0.3) is 0 Å². The maximum Gasteiger partial charge on any atom is -0.0146 e. The minimum absolute atomic E-state index is 1.13. The molecule has 27 heavy (non-hydrogen) atoms. The Hall–Kier alpha value is -2.86. The normalized spacial score (nSPS) is 13.3. The first-order valence-corrected chi connectivity index (χ1v) is 9.49. The first-order valence-electron chi connectivity index (χ1n) is 9.49. The molecule has 0 amide bonds. The van der Waals surface area contributed by atoms with Gasteiger partial charge >= 0.3 is 0 Å². The van der Waals surface area contributed by atoms with E-state index in [0.717, 1.165) is 5.57 Å². The minimum atomic E-state index is 1.13. The molecule has 0 fully saturated rings. The molecule has 0 heterocycles. The van der Waals surface area contributed by atoms with Gasteiger partial charge in [-0.05, 0) is 91.3 Å². The van der Waals surface area contributed by atoms with Crippen LogP contribution < -0.4 is 0 Å². The molecule has 0 aliphatic carbocycles. The van der Waals surface area contributed by atoms with Gasteiger partial charge in [0.15, 0.2) is 0 Å². The topological polar surface area (TPSA) is 0 Å². The summed E-state index contributed by atoms with van der Waals surface area (Å²) in [4.78, 5) is 0. The summed E-state index contributed by atoms with van der Waals surface area (Å²) in [5.74, 6) is 0. The Kier molecular flexibility index (Phi) is 7.37. The zero-order valence-electron chi connectivity index (χ0n) is 17.2. The molecule has 2 rings (SSSR count). The molecule has 138 valence electrons. The van der Waals surface area contributed by atoms with Crippen molar-refractivity contribution < 1.29 is 0 Å². The third kappa shape index (κ3) is 5.08. The van der Waals surface area contributed by atoms with Crippen molar-refractivity contribution in [2.45, 2.75) is 34.6 Å². The largest absolute Gasteiger partial charge is 0.0984 e. The van der Waals surface area contributed by atoms with E-state index in [1.807, 2.05) is 19.1 Å². The number of benzene rings is 2. The summed E-state index contributed by atoms with van der Waals surface area (Å²) < 4.78 is 0. The van der Waals surface area contributed by atoms with Gasteiger partial charge in [0, 0.05) is 0 Å². The predicted octanol–water partition coefficient (Wildman–Crippen LogP) is 8.01. The summed E-state index contributed by atoms with van der Waals surface area (Å²) in [7, 11) is 0. The van der Waals surface area contributed by atoms with Gasteiger partial charge in [0.2, 0.25) is 0 Å². The minimum Gasteiger partial charge on any atom is -0.0984 e. The highest BCUT2D eigenvalue weighted by molar-refractivity contribution is 5.81. The lowest BCUT2D eigenvalue weighted by atomic mass is 9.92. The van der Waals surface area contributed by atoms with Crippen LogP contribution in [0.5, 0.6) is 0 Å². The first kappa shape index (κ1) is 20.5. The fraction of sp³-hybridized carbons (Fsp3) is 0.185. The molecule has 0 atom stereocenters. The predicted molar refractivity (Wildman–Crippen MR) is 122 cm³/mol. The molecule has 0 aliphatic heterocycles. The Morgan fingerprint density at radius 3 is 2.26 bits per heavy atom. The van der Waals surface area contributed by atoms with E-state index >= 15 is 0 Å². The fourth-order valence-electron chi connectivity index (χ4n) is 3.16. The summed E-state index contributed by atoms with van der Waals surface area (Å²) in [5.41, 5.74) is 9.91. The smallest absolute Gasteiger partial charge is 0.0146 e. The van der Waals surface area contributed by atoms with Crippen molar-refractivity contribution in [3.8, 4) is 11.1 Å². The van der Waals surface area contributed by atoms with Crippen LogP contribution in [-0.4, -0.2) is 0 Å². The standard InChI is InChI=1S/C27H30/c1-7-10-13-20(4)23(8-2)18-24(9-3)25-17-16-22(6)27(19-25)26-15-12-11-14-21(26)5/h7-19H,3H2,1-2,4-6H3/b10-7-,20-13+,23-8+,24-18+. The van der Waals surface area contributed by atoms with E-state index in [1.165, 1.54) is 39.0 Å². The number of allylic oxidation sites excluding steroid dienone is 9. The van der Waals surface area contributed by atoms with E-state index in [9.17, 15) is 0 Å². The molecule has 0 nitrogen and oxygen atoms in total. The Morgan fingerprint density at radius 1 is 0.926 bits per heavy atom. The zero-order chi connectivity index (χ0) is 19.8. The highest BCUT2D eigenvalue weighted by atomic mass is 14.1. The molecule has 0 heteroatoms. The van der Waals surface area contributed by atoms with Gasteiger partial charge < -0.3 is 0 Å². The summed E-state index contributed by atoms with van der Waals surface area (Å²) in [6, 6.07) is 15.2. The zero-order valence-corrected chi connectivity index (χ0v) is 17.2. The third-order valence-electron chi connectivity index (χ3n) is 4.84. The molecule has 0 bridgehead atoms. The van der Waals surface area contributed by atoms with Crippen LogP contribution in [0.15, 0.2) is 96.6 Å². The second-order valence-corrected chi connectivity index (χ2v) is 6.77. The van der Waals surface area contributed by atoms with Crippen LogP contribution in [0.4, 0.5) is 0 Å². The van der Waals surface area contributed by atoms with Crippen LogP contribution in [-0.2, 0) is 0 Å². The molecule has 2 aromatic rings. The quantitative estimate of drug-likeness (QED) is 0.461. The van der Waals surface area contributed by atoms with Crippen molar-refractivity contribution >= 4 is 5.57 Å². The van der Waals surface area contributed by atoms with Crippen molar-refractivity contribution in [2.75, 3.05) is 0 Å². The summed E-state index contributed by atoms with van der Waals surface area (Å²) >= 11 is 0. The SMILES string of the molecule is C=C\C(=C/C(=C\C)C(/C)=C/C=C\C)c1ccc(C)c(-c2ccccc2C)c1. The Bertz CT molecular complexity index is 930. The van der Waals surface area contributed by atoms with E-state index in [0.29, 0.717) is 0 Å². The van der Waals surface area contributed by atoms with Crippen LogP contribution in [0.1, 0.15) is 37.5 Å². The van der Waals surface area contributed by atoms with E-state index in [2.05, 4.69) is 101 Å². The van der Waals surface area contributed by atoms with Crippen LogP contribution in [0, 0.1) is 13.8 Å². The first-order chi connectivity index (χ1) is 13.0. The lowest BCUT2D eigenvalue weighted by Gasteiger charge is -2.13. The van der Waals surface area contributed by atoms with Crippen molar-refractivity contribution in [3.63, 3.8) is 0 Å². The van der Waals surface area contributed by atoms with Gasteiger partial charge in [-0.15, -0.1) is 0 Å². The number of hydrogen-bond acceptors (Lipinski definition) is 0. The lowest BCUT2D eigenvalue weighted by molar-refractivity contribution is 1.39. The summed E-state index contributed by atoms with van der Waals surface area (Å²) in [5, 5.41) is 0. The molecule has 0 aliphatic rings. The molecule has 0 unspecified atom stereocenters. The molecule has 0 N–H and O–H groups in total. The van der Waals surface area contributed by atoms with Crippen molar-refractivity contribution in [1.29, 1.82) is 0 Å². The molecule has 0 spiro atoms. The molecule has 0 saturated carbocycles. The van der Waals surface area contributed by atoms with E-state index < -0.39 is 0 Å². The van der Waals surface area contributed by atoms with Gasteiger partial charge in [-0.1, -0.05) is 73.4 Å². The average Bonchev–Trinajstić information content (AvgIpc) is 2.68. The molecular weight excluding hydrogens is 324 g/mol. The Balaban J connectivity index is 2.54. The van der Waals surface area contributed by atoms with Gasteiger partial charge in [-0.25, -0.2) is 0 Å². The maximum absolute atomic E-state index is 4.06. The molecule has 0 radical (unpaired) electrons. The Morgan fingerprint density at radius 2 is 1.63 bits per heavy atom. The number of aryl methyl sites for hydroxylation is 2. The van der Waals surface area contributed by atoms with Gasteiger partial charge in [0.05, 0.1) is 0 Å². The molecule has 2 aromatic carbocycles. The van der Waals surface area contributed by atoms with Crippen molar-refractivity contribution in [1.82, 2.24) is 0 Å². The lowest BCUT2D eigenvalue weighted by Crippen LogP contribution is -1.91. The van der Waals surface area contributed by atoms with E-state index in [1.54, 1.807) is 0 Å². The fourth-order valence-corrected chi connectivity index (χ4v) is 3.16. The van der Waals surface area contributed by atoms with Crippen molar-refractivity contribution in [3.05, 3.63) is 113 Å². The maximum atomic E-state index is 4.06. The monoisotopic (exact) mass is 354 g/mol. The van der Waals surface area contributed by atoms with E-state index in [-0.39, 0.29) is 0 Å². The van der Waals surface area contributed by atoms with Crippen LogP contribution in [0.2, 0.25) is 0 Å². The molecule has 0 aromatic heterocycles. The highest BCUT2D eigenvalue weighted by Gasteiger charge is 2.08. The van der Waals surface area contributed by atoms with Crippen molar-refractivity contribution in [2.24, 2.45) is 0 Å². The van der Waals surface area contributed by atoms with Gasteiger partial charge in [-0.2, -0.15) is 0 Å². The van der Waals surface area contributed by atoms with Crippen LogP contribution in [0.3, 0.4) is 0 Å². The second-order valence-electron chi connectivity index (χ2n) is 6.77. The molecule has 0 saturated heterocycles. The van der Waals surface area contributed by atoms with Crippen LogP contribution >= 0.6 is 0 Å².